The largest absolute Gasteiger partial charge is 0.421 e. The topological polar surface area (TPSA) is 91.2 Å². The van der Waals surface area contributed by atoms with Gasteiger partial charge >= 0.3 is 6.18 Å². The summed E-state index contributed by atoms with van der Waals surface area (Å²) in [6, 6.07) is 0.282. The third-order valence-electron chi connectivity index (χ3n) is 6.27. The van der Waals surface area contributed by atoms with Crippen molar-refractivity contribution in [1.29, 1.82) is 0 Å². The molecule has 1 saturated heterocycles. The van der Waals surface area contributed by atoms with E-state index in [0.717, 1.165) is 37.8 Å². The van der Waals surface area contributed by atoms with Crippen LogP contribution in [-0.2, 0) is 11.0 Å². The van der Waals surface area contributed by atoms with Gasteiger partial charge in [0.2, 0.25) is 11.9 Å². The lowest BCUT2D eigenvalue weighted by molar-refractivity contribution is -0.138. The fourth-order valence-electron chi connectivity index (χ4n) is 4.15. The summed E-state index contributed by atoms with van der Waals surface area (Å²) >= 11 is 0. The van der Waals surface area contributed by atoms with E-state index >= 15 is 0 Å². The SMILES string of the molecule is Cc1nn(C2CCN(C)CC2)cc1Nc1ncc(C(F)(F)F)c(NCCCN(C)C(=O)C(C)(C)C)n1. The van der Waals surface area contributed by atoms with Crippen LogP contribution in [0.15, 0.2) is 12.4 Å². The van der Waals surface area contributed by atoms with E-state index in [1.165, 1.54) is 0 Å². The number of carbonyl (C=O) groups excluding carboxylic acids is 1. The molecular formula is C24H37F3N8O. The molecule has 36 heavy (non-hydrogen) atoms. The summed E-state index contributed by atoms with van der Waals surface area (Å²) < 4.78 is 42.6. The average molecular weight is 511 g/mol. The zero-order valence-corrected chi connectivity index (χ0v) is 21.9. The summed E-state index contributed by atoms with van der Waals surface area (Å²) in [5.74, 6) is -0.273. The third-order valence-corrected chi connectivity index (χ3v) is 6.27. The first-order valence-electron chi connectivity index (χ1n) is 12.2. The van der Waals surface area contributed by atoms with E-state index in [0.29, 0.717) is 18.7 Å². The number of hydrogen-bond acceptors (Lipinski definition) is 7. The first kappa shape index (κ1) is 27.7. The molecule has 1 fully saturated rings. The highest BCUT2D eigenvalue weighted by Gasteiger charge is 2.35. The van der Waals surface area contributed by atoms with Crippen LogP contribution in [0.4, 0.5) is 30.6 Å². The van der Waals surface area contributed by atoms with Gasteiger partial charge in [-0.3, -0.25) is 9.48 Å². The van der Waals surface area contributed by atoms with Gasteiger partial charge in [-0.05, 0) is 46.3 Å². The van der Waals surface area contributed by atoms with Gasteiger partial charge in [0.05, 0.1) is 17.4 Å². The number of nitrogens with zero attached hydrogens (tertiary/aromatic N) is 6. The van der Waals surface area contributed by atoms with Crippen LogP contribution in [0.25, 0.3) is 0 Å². The van der Waals surface area contributed by atoms with Crippen LogP contribution in [0, 0.1) is 12.3 Å². The first-order valence-corrected chi connectivity index (χ1v) is 12.2. The van der Waals surface area contributed by atoms with Crippen molar-refractivity contribution in [3.05, 3.63) is 23.7 Å². The summed E-state index contributed by atoms with van der Waals surface area (Å²) in [5, 5.41) is 10.4. The van der Waals surface area contributed by atoms with E-state index in [4.69, 9.17) is 0 Å². The smallest absolute Gasteiger partial charge is 0.369 e. The van der Waals surface area contributed by atoms with Crippen molar-refractivity contribution >= 4 is 23.4 Å². The van der Waals surface area contributed by atoms with Gasteiger partial charge in [0.15, 0.2) is 0 Å². The highest BCUT2D eigenvalue weighted by atomic mass is 19.4. The molecule has 0 bridgehead atoms. The Kier molecular flexibility index (Phi) is 8.48. The number of nitrogens with one attached hydrogen (secondary N) is 2. The lowest BCUT2D eigenvalue weighted by atomic mass is 9.95. The standard InChI is InChI=1S/C24H37F3N8O/c1-16-19(15-35(32-16)17-8-12-33(5)13-9-17)30-22-29-14-18(24(25,26)27)20(31-22)28-10-7-11-34(6)21(36)23(2,3)4/h14-15,17H,7-13H2,1-6H3,(H2,28,29,30,31). The number of alkyl halides is 3. The number of likely N-dealkylation sites (tertiary alicyclic amines) is 1. The molecule has 12 heteroatoms. The van der Waals surface area contributed by atoms with E-state index in [9.17, 15) is 18.0 Å². The fraction of sp³-hybridized carbons (Fsp3) is 0.667. The number of carbonyl (C=O) groups is 1. The van der Waals surface area contributed by atoms with Crippen molar-refractivity contribution in [2.45, 2.75) is 59.2 Å². The summed E-state index contributed by atoms with van der Waals surface area (Å²) in [6.45, 7) is 9.93. The quantitative estimate of drug-likeness (QED) is 0.511. The Hall–Kier alpha value is -2.89. The third kappa shape index (κ3) is 7.08. The second-order valence-electron chi connectivity index (χ2n) is 10.5. The number of anilines is 3. The molecule has 9 nitrogen and oxygen atoms in total. The molecule has 2 aromatic heterocycles. The predicted octanol–water partition coefficient (Wildman–Crippen LogP) is 4.32. The van der Waals surface area contributed by atoms with Gasteiger partial charge in [-0.15, -0.1) is 0 Å². The van der Waals surface area contributed by atoms with Gasteiger partial charge in [-0.1, -0.05) is 20.8 Å². The van der Waals surface area contributed by atoms with E-state index in [1.54, 1.807) is 11.9 Å². The summed E-state index contributed by atoms with van der Waals surface area (Å²) in [4.78, 5) is 24.2. The predicted molar refractivity (Wildman–Crippen MR) is 133 cm³/mol. The maximum atomic E-state index is 13.6. The van der Waals surface area contributed by atoms with Gasteiger partial charge in [0.1, 0.15) is 11.4 Å². The van der Waals surface area contributed by atoms with Crippen LogP contribution in [0.3, 0.4) is 0 Å². The molecule has 200 valence electrons. The molecule has 0 radical (unpaired) electrons. The Morgan fingerprint density at radius 2 is 1.89 bits per heavy atom. The van der Waals surface area contributed by atoms with Crippen LogP contribution >= 0.6 is 0 Å². The number of rotatable bonds is 8. The van der Waals surface area contributed by atoms with Crippen LogP contribution in [-0.4, -0.2) is 75.7 Å². The van der Waals surface area contributed by atoms with Gasteiger partial charge in [0.25, 0.3) is 0 Å². The Morgan fingerprint density at radius 3 is 2.50 bits per heavy atom. The van der Waals surface area contributed by atoms with E-state index in [1.807, 2.05) is 38.6 Å². The molecule has 1 aliphatic rings. The Morgan fingerprint density at radius 1 is 1.22 bits per heavy atom. The van der Waals surface area contributed by atoms with Crippen LogP contribution in [0.1, 0.15) is 57.3 Å². The number of aromatic nitrogens is 4. The molecule has 2 aromatic rings. The highest BCUT2D eigenvalue weighted by molar-refractivity contribution is 5.81. The molecule has 0 saturated carbocycles. The second kappa shape index (κ2) is 11.0. The number of hydrogen-bond donors (Lipinski definition) is 2. The molecule has 0 aliphatic carbocycles. The summed E-state index contributed by atoms with van der Waals surface area (Å²) in [5.41, 5.74) is -0.0793. The highest BCUT2D eigenvalue weighted by Crippen LogP contribution is 2.34. The minimum atomic E-state index is -4.60. The monoisotopic (exact) mass is 510 g/mol. The zero-order valence-electron chi connectivity index (χ0n) is 21.9. The van der Waals surface area contributed by atoms with Crippen molar-refractivity contribution in [2.24, 2.45) is 5.41 Å². The van der Waals surface area contributed by atoms with Crippen LogP contribution in [0.5, 0.6) is 0 Å². The summed E-state index contributed by atoms with van der Waals surface area (Å²) in [7, 11) is 3.78. The van der Waals surface area contributed by atoms with Crippen LogP contribution < -0.4 is 10.6 Å². The van der Waals surface area contributed by atoms with Gasteiger partial charge in [-0.2, -0.15) is 23.3 Å². The lowest BCUT2D eigenvalue weighted by Crippen LogP contribution is -2.37. The Labute approximate surface area is 210 Å². The van der Waals surface area contributed by atoms with E-state index in [2.05, 4.69) is 37.6 Å². The first-order chi connectivity index (χ1) is 16.8. The molecule has 1 amide bonds. The minimum Gasteiger partial charge on any atom is -0.369 e. The average Bonchev–Trinajstić information content (AvgIpc) is 3.15. The maximum absolute atomic E-state index is 13.6. The lowest BCUT2D eigenvalue weighted by Gasteiger charge is -2.28. The molecule has 0 aromatic carbocycles. The molecule has 3 heterocycles. The number of piperidine rings is 1. The number of amides is 1. The Balaban J connectivity index is 1.68. The molecule has 2 N–H and O–H groups in total. The minimum absolute atomic E-state index is 0.0248. The number of halogens is 3. The van der Waals surface area contributed by atoms with E-state index < -0.39 is 17.2 Å². The fourth-order valence-corrected chi connectivity index (χ4v) is 4.15. The zero-order chi connectivity index (χ0) is 26.7. The normalized spacial score (nSPS) is 15.7. The van der Waals surface area contributed by atoms with Gasteiger partial charge in [0, 0.05) is 37.9 Å². The second-order valence-corrected chi connectivity index (χ2v) is 10.5. The molecule has 0 unspecified atom stereocenters. The molecule has 1 aliphatic heterocycles. The Bertz CT molecular complexity index is 1040. The van der Waals surface area contributed by atoms with Gasteiger partial charge < -0.3 is 20.4 Å². The molecule has 3 rings (SSSR count). The summed E-state index contributed by atoms with van der Waals surface area (Å²) in [6.07, 6.45) is 0.474. The van der Waals surface area contributed by atoms with Crippen molar-refractivity contribution in [2.75, 3.05) is 50.9 Å². The number of aryl methyl sites for hydroxylation is 1. The molecular weight excluding hydrogens is 473 g/mol. The van der Waals surface area contributed by atoms with Gasteiger partial charge in [-0.25, -0.2) is 4.98 Å². The maximum Gasteiger partial charge on any atom is 0.421 e. The van der Waals surface area contributed by atoms with Crippen molar-refractivity contribution in [3.8, 4) is 0 Å². The van der Waals surface area contributed by atoms with Crippen molar-refractivity contribution < 1.29 is 18.0 Å². The molecule has 0 spiro atoms. The van der Waals surface area contributed by atoms with E-state index in [-0.39, 0.29) is 30.3 Å². The van der Waals surface area contributed by atoms with Crippen molar-refractivity contribution in [1.82, 2.24) is 29.5 Å². The van der Waals surface area contributed by atoms with Crippen molar-refractivity contribution in [3.63, 3.8) is 0 Å². The van der Waals surface area contributed by atoms with Crippen LogP contribution in [0.2, 0.25) is 0 Å². The molecule has 0 atom stereocenters.